The minimum Gasteiger partial charge on any atom is -0.457 e. The Labute approximate surface area is 151 Å². The molecular weight excluding hydrogens is 361 g/mol. The molecule has 2 rings (SSSR count). The maximum absolute atomic E-state index is 12.8. The first-order valence-electron chi connectivity index (χ1n) is 7.79. The van der Waals surface area contributed by atoms with Crippen LogP contribution < -0.4 is 4.72 Å². The van der Waals surface area contributed by atoms with Crippen LogP contribution in [0.2, 0.25) is 0 Å². The van der Waals surface area contributed by atoms with Crippen molar-refractivity contribution in [2.24, 2.45) is 0 Å². The second-order valence-electron chi connectivity index (χ2n) is 5.44. The zero-order valence-corrected chi connectivity index (χ0v) is 14.9. The van der Waals surface area contributed by atoms with E-state index in [1.54, 1.807) is 12.1 Å². The fraction of sp³-hybridized carbons (Fsp3) is 0.222. The molecule has 0 unspecified atom stereocenters. The first kappa shape index (κ1) is 19.7. The van der Waals surface area contributed by atoms with Crippen molar-refractivity contribution in [2.45, 2.75) is 17.7 Å². The number of esters is 1. The van der Waals surface area contributed by atoms with Gasteiger partial charge in [0.2, 0.25) is 10.0 Å². The topological polar surface area (TPSA) is 89.5 Å². The molecule has 0 atom stereocenters. The van der Waals surface area contributed by atoms with Crippen molar-refractivity contribution in [2.75, 3.05) is 13.7 Å². The van der Waals surface area contributed by atoms with Gasteiger partial charge in [-0.25, -0.2) is 17.5 Å². The fourth-order valence-electron chi connectivity index (χ4n) is 2.14. The van der Waals surface area contributed by atoms with Crippen LogP contribution in [-0.4, -0.2) is 33.8 Å². The first-order chi connectivity index (χ1) is 12.3. The Bertz CT molecular complexity index is 877. The zero-order valence-electron chi connectivity index (χ0n) is 14.1. The van der Waals surface area contributed by atoms with Crippen molar-refractivity contribution < 1.29 is 27.1 Å². The van der Waals surface area contributed by atoms with Crippen LogP contribution in [0, 0.1) is 5.82 Å². The summed E-state index contributed by atoms with van der Waals surface area (Å²) in [6.45, 7) is -0.413. The highest BCUT2D eigenvalue weighted by molar-refractivity contribution is 7.89. The molecule has 138 valence electrons. The van der Waals surface area contributed by atoms with Gasteiger partial charge in [-0.2, -0.15) is 0 Å². The molecule has 0 fully saturated rings. The summed E-state index contributed by atoms with van der Waals surface area (Å²) in [7, 11) is -2.17. The van der Waals surface area contributed by atoms with E-state index < -0.39 is 34.2 Å². The molecular formula is C18H18FNO5S. The monoisotopic (exact) mass is 379 g/mol. The van der Waals surface area contributed by atoms with Crippen LogP contribution in [0.4, 0.5) is 4.39 Å². The molecule has 2 aromatic rings. The van der Waals surface area contributed by atoms with Gasteiger partial charge in [0.25, 0.3) is 0 Å². The molecule has 8 heteroatoms. The van der Waals surface area contributed by atoms with Crippen molar-refractivity contribution >= 4 is 21.8 Å². The number of sulfonamides is 1. The Morgan fingerprint density at radius 3 is 2.23 bits per heavy atom. The highest BCUT2D eigenvalue weighted by Crippen LogP contribution is 2.12. The number of hydrogen-bond donors (Lipinski definition) is 1. The van der Waals surface area contributed by atoms with Gasteiger partial charge in [-0.05, 0) is 55.4 Å². The molecule has 0 amide bonds. The quantitative estimate of drug-likeness (QED) is 0.560. The number of carbonyl (C=O) groups is 2. The largest absolute Gasteiger partial charge is 0.457 e. The summed E-state index contributed by atoms with van der Waals surface area (Å²) in [5.74, 6) is -1.42. The lowest BCUT2D eigenvalue weighted by molar-refractivity contribution is -0.142. The minimum atomic E-state index is -3.50. The summed E-state index contributed by atoms with van der Waals surface area (Å²) in [5.41, 5.74) is 1.03. The van der Waals surface area contributed by atoms with Crippen LogP contribution in [-0.2, 0) is 26.0 Å². The summed E-state index contributed by atoms with van der Waals surface area (Å²) >= 11 is 0. The van der Waals surface area contributed by atoms with E-state index >= 15 is 0 Å². The Morgan fingerprint density at radius 2 is 1.65 bits per heavy atom. The van der Waals surface area contributed by atoms with Gasteiger partial charge in [0.15, 0.2) is 12.4 Å². The van der Waals surface area contributed by atoms with Gasteiger partial charge >= 0.3 is 5.97 Å². The van der Waals surface area contributed by atoms with Crippen LogP contribution in [0.1, 0.15) is 22.3 Å². The Balaban J connectivity index is 1.81. The van der Waals surface area contributed by atoms with Gasteiger partial charge in [0.1, 0.15) is 5.82 Å². The molecule has 2 aromatic carbocycles. The number of hydrogen-bond acceptors (Lipinski definition) is 5. The molecule has 26 heavy (non-hydrogen) atoms. The summed E-state index contributed by atoms with van der Waals surface area (Å²) < 4.78 is 43.2. The van der Waals surface area contributed by atoms with E-state index in [9.17, 15) is 22.4 Å². The third-order valence-electron chi connectivity index (χ3n) is 3.65. The lowest BCUT2D eigenvalue weighted by atomic mass is 10.1. The number of benzene rings is 2. The third-order valence-corrected chi connectivity index (χ3v) is 5.08. The number of ketones is 1. The Morgan fingerprint density at radius 1 is 1.04 bits per heavy atom. The summed E-state index contributed by atoms with van der Waals surface area (Å²) in [6, 6.07) is 11.1. The second kappa shape index (κ2) is 8.68. The lowest BCUT2D eigenvalue weighted by Crippen LogP contribution is -2.18. The summed E-state index contributed by atoms with van der Waals surface area (Å²) in [6.07, 6.45) is 0.401. The van der Waals surface area contributed by atoms with Crippen LogP contribution in [0.3, 0.4) is 0 Å². The smallest absolute Gasteiger partial charge is 0.306 e. The molecule has 0 saturated heterocycles. The molecule has 0 bridgehead atoms. The number of carbonyl (C=O) groups excluding carboxylic acids is 2. The van der Waals surface area contributed by atoms with Gasteiger partial charge in [-0.3, -0.25) is 9.59 Å². The molecule has 0 saturated carbocycles. The second-order valence-corrected chi connectivity index (χ2v) is 7.33. The van der Waals surface area contributed by atoms with Crippen molar-refractivity contribution in [3.8, 4) is 0 Å². The van der Waals surface area contributed by atoms with E-state index in [1.807, 2.05) is 0 Å². The van der Waals surface area contributed by atoms with Crippen LogP contribution in [0.15, 0.2) is 53.4 Å². The lowest BCUT2D eigenvalue weighted by Gasteiger charge is -2.06. The zero-order chi connectivity index (χ0) is 19.2. The first-order valence-corrected chi connectivity index (χ1v) is 9.27. The highest BCUT2D eigenvalue weighted by atomic mass is 32.2. The normalized spacial score (nSPS) is 11.2. The van der Waals surface area contributed by atoms with Crippen molar-refractivity contribution in [3.05, 3.63) is 65.5 Å². The van der Waals surface area contributed by atoms with E-state index in [1.165, 1.54) is 31.3 Å². The Kier molecular flexibility index (Phi) is 6.59. The molecule has 0 radical (unpaired) electrons. The molecule has 0 heterocycles. The molecule has 6 nitrogen and oxygen atoms in total. The predicted molar refractivity (Wildman–Crippen MR) is 92.7 cm³/mol. The van der Waals surface area contributed by atoms with Crippen molar-refractivity contribution in [1.29, 1.82) is 0 Å². The van der Waals surface area contributed by atoms with Crippen molar-refractivity contribution in [1.82, 2.24) is 4.72 Å². The fourth-order valence-corrected chi connectivity index (χ4v) is 2.87. The van der Waals surface area contributed by atoms with Gasteiger partial charge < -0.3 is 4.74 Å². The van der Waals surface area contributed by atoms with E-state index in [4.69, 9.17) is 4.74 Å². The average Bonchev–Trinajstić information content (AvgIpc) is 2.65. The summed E-state index contributed by atoms with van der Waals surface area (Å²) in [4.78, 5) is 23.7. The number of Topliss-reactive ketones (excluding diaryl/α,β-unsaturated/α-hetero) is 1. The molecule has 0 aliphatic heterocycles. The van der Waals surface area contributed by atoms with Gasteiger partial charge in [-0.1, -0.05) is 12.1 Å². The number of aryl methyl sites for hydroxylation is 1. The number of rotatable bonds is 8. The number of nitrogens with one attached hydrogen (secondary N) is 1. The SMILES string of the molecule is CNS(=O)(=O)c1ccc(CCC(=O)OCC(=O)c2ccc(F)cc2)cc1. The molecule has 1 N–H and O–H groups in total. The Hall–Kier alpha value is -2.58. The van der Waals surface area contributed by atoms with E-state index in [0.717, 1.165) is 17.7 Å². The highest BCUT2D eigenvalue weighted by Gasteiger charge is 2.12. The van der Waals surface area contributed by atoms with Gasteiger partial charge in [0, 0.05) is 12.0 Å². The van der Waals surface area contributed by atoms with Crippen LogP contribution in [0.25, 0.3) is 0 Å². The minimum absolute atomic E-state index is 0.0504. The van der Waals surface area contributed by atoms with E-state index in [2.05, 4.69) is 4.72 Å². The maximum Gasteiger partial charge on any atom is 0.306 e. The predicted octanol–water partition coefficient (Wildman–Crippen LogP) is 2.09. The van der Waals surface area contributed by atoms with E-state index in [0.29, 0.717) is 6.42 Å². The number of ether oxygens (including phenoxy) is 1. The third kappa shape index (κ3) is 5.47. The van der Waals surface area contributed by atoms with Gasteiger partial charge in [0.05, 0.1) is 4.90 Å². The van der Waals surface area contributed by atoms with Crippen LogP contribution >= 0.6 is 0 Å². The summed E-state index contributed by atoms with van der Waals surface area (Å²) in [5, 5.41) is 0. The maximum atomic E-state index is 12.8. The van der Waals surface area contributed by atoms with Crippen molar-refractivity contribution in [3.63, 3.8) is 0 Å². The standard InChI is InChI=1S/C18H18FNO5S/c1-20-26(23,24)16-9-2-13(3-10-16)4-11-18(22)25-12-17(21)14-5-7-15(19)8-6-14/h2-3,5-10,20H,4,11-12H2,1H3. The average molecular weight is 379 g/mol. The van der Waals surface area contributed by atoms with Gasteiger partial charge in [-0.15, -0.1) is 0 Å². The molecule has 0 spiro atoms. The number of halogens is 1. The van der Waals surface area contributed by atoms with Crippen LogP contribution in [0.5, 0.6) is 0 Å². The molecule has 0 aromatic heterocycles. The van der Waals surface area contributed by atoms with E-state index in [-0.39, 0.29) is 16.9 Å². The molecule has 0 aliphatic rings. The molecule has 0 aliphatic carbocycles.